The molecule has 0 aromatic heterocycles. The molecule has 1 aliphatic rings. The molecule has 0 spiro atoms. The van der Waals surface area contributed by atoms with Gasteiger partial charge in [0.2, 0.25) is 5.91 Å². The summed E-state index contributed by atoms with van der Waals surface area (Å²) in [6.45, 7) is 4.83. The molecule has 1 saturated heterocycles. The molecule has 1 heterocycles. The minimum absolute atomic E-state index is 0.0505. The number of ether oxygens (including phenoxy) is 1. The Balaban J connectivity index is 2.34. The monoisotopic (exact) mass is 214 g/mol. The van der Waals surface area contributed by atoms with Crippen LogP contribution in [0.4, 0.5) is 0 Å². The third kappa shape index (κ3) is 3.80. The summed E-state index contributed by atoms with van der Waals surface area (Å²) in [4.78, 5) is 11.3. The molecule has 0 aromatic carbocycles. The number of hydrogen-bond acceptors (Lipinski definition) is 3. The molecule has 0 bridgehead atoms. The number of rotatable bonds is 4. The average molecular weight is 214 g/mol. The number of carbonyl (C=O) groups excluding carboxylic acids is 1. The molecule has 15 heavy (non-hydrogen) atoms. The normalized spacial score (nSPS) is 28.5. The van der Waals surface area contributed by atoms with Crippen molar-refractivity contribution in [3.8, 4) is 0 Å². The number of nitrogens with one attached hydrogen (secondary N) is 2. The first-order valence-electron chi connectivity index (χ1n) is 5.76. The number of amides is 1. The highest BCUT2D eigenvalue weighted by molar-refractivity contribution is 5.80. The van der Waals surface area contributed by atoms with E-state index in [0.717, 1.165) is 25.9 Å². The second-order valence-corrected chi connectivity index (χ2v) is 4.12. The van der Waals surface area contributed by atoms with Gasteiger partial charge in [-0.25, -0.2) is 0 Å². The highest BCUT2D eigenvalue weighted by Crippen LogP contribution is 2.16. The van der Waals surface area contributed by atoms with Gasteiger partial charge in [0.1, 0.15) is 0 Å². The molecule has 0 saturated carbocycles. The zero-order chi connectivity index (χ0) is 11.3. The van der Waals surface area contributed by atoms with E-state index in [4.69, 9.17) is 4.74 Å². The van der Waals surface area contributed by atoms with Crippen molar-refractivity contribution in [1.82, 2.24) is 10.6 Å². The SMILES string of the molecule is CCC1CC(NC(C)C(=O)NC)CCO1. The Hall–Kier alpha value is -0.610. The zero-order valence-electron chi connectivity index (χ0n) is 9.88. The molecule has 3 atom stereocenters. The molecular formula is C11H22N2O2. The zero-order valence-corrected chi connectivity index (χ0v) is 9.88. The first kappa shape index (κ1) is 12.5. The van der Waals surface area contributed by atoms with Crippen LogP contribution in [0, 0.1) is 0 Å². The minimum atomic E-state index is -0.115. The lowest BCUT2D eigenvalue weighted by Gasteiger charge is -2.31. The summed E-state index contributed by atoms with van der Waals surface area (Å²) in [5.41, 5.74) is 0. The summed E-state index contributed by atoms with van der Waals surface area (Å²) in [5, 5.41) is 5.99. The van der Waals surface area contributed by atoms with Crippen LogP contribution in [0.3, 0.4) is 0 Å². The maximum Gasteiger partial charge on any atom is 0.236 e. The highest BCUT2D eigenvalue weighted by Gasteiger charge is 2.23. The van der Waals surface area contributed by atoms with Gasteiger partial charge in [-0.05, 0) is 26.2 Å². The molecule has 1 aliphatic heterocycles. The van der Waals surface area contributed by atoms with Crippen LogP contribution >= 0.6 is 0 Å². The van der Waals surface area contributed by atoms with E-state index in [1.165, 1.54) is 0 Å². The molecule has 0 radical (unpaired) electrons. The predicted molar refractivity (Wildman–Crippen MR) is 59.7 cm³/mol. The van der Waals surface area contributed by atoms with Crippen molar-refractivity contribution in [2.45, 2.75) is 51.3 Å². The average Bonchev–Trinajstić information content (AvgIpc) is 2.28. The van der Waals surface area contributed by atoms with E-state index < -0.39 is 0 Å². The summed E-state index contributed by atoms with van der Waals surface area (Å²) in [6, 6.07) is 0.298. The molecule has 3 unspecified atom stereocenters. The topological polar surface area (TPSA) is 50.4 Å². The molecule has 0 aliphatic carbocycles. The van der Waals surface area contributed by atoms with Gasteiger partial charge in [0, 0.05) is 19.7 Å². The predicted octanol–water partition coefficient (Wildman–Crippen LogP) is 0.668. The lowest BCUT2D eigenvalue weighted by atomic mass is 10.0. The fourth-order valence-corrected chi connectivity index (χ4v) is 1.96. The first-order chi connectivity index (χ1) is 7.17. The number of hydrogen-bond donors (Lipinski definition) is 2. The van der Waals surface area contributed by atoms with E-state index in [0.29, 0.717) is 12.1 Å². The molecule has 1 fully saturated rings. The molecule has 4 heteroatoms. The van der Waals surface area contributed by atoms with Crippen molar-refractivity contribution in [2.24, 2.45) is 0 Å². The smallest absolute Gasteiger partial charge is 0.236 e. The molecule has 0 aromatic rings. The van der Waals surface area contributed by atoms with Crippen LogP contribution < -0.4 is 10.6 Å². The Bertz CT molecular complexity index is 209. The van der Waals surface area contributed by atoms with Gasteiger partial charge in [0.05, 0.1) is 12.1 Å². The fourth-order valence-electron chi connectivity index (χ4n) is 1.96. The van der Waals surface area contributed by atoms with Crippen LogP contribution in [-0.2, 0) is 9.53 Å². The van der Waals surface area contributed by atoms with Crippen molar-refractivity contribution < 1.29 is 9.53 Å². The lowest BCUT2D eigenvalue weighted by molar-refractivity contribution is -0.122. The first-order valence-corrected chi connectivity index (χ1v) is 5.76. The van der Waals surface area contributed by atoms with E-state index in [9.17, 15) is 4.79 Å². The molecule has 88 valence electrons. The van der Waals surface area contributed by atoms with Crippen LogP contribution in [-0.4, -0.2) is 37.7 Å². The summed E-state index contributed by atoms with van der Waals surface area (Å²) >= 11 is 0. The van der Waals surface area contributed by atoms with Gasteiger partial charge >= 0.3 is 0 Å². The van der Waals surface area contributed by atoms with Crippen LogP contribution in [0.15, 0.2) is 0 Å². The van der Waals surface area contributed by atoms with Crippen LogP contribution in [0.1, 0.15) is 33.1 Å². The van der Waals surface area contributed by atoms with Crippen molar-refractivity contribution in [3.05, 3.63) is 0 Å². The van der Waals surface area contributed by atoms with Crippen molar-refractivity contribution in [1.29, 1.82) is 0 Å². The van der Waals surface area contributed by atoms with E-state index in [2.05, 4.69) is 17.6 Å². The second-order valence-electron chi connectivity index (χ2n) is 4.12. The minimum Gasteiger partial charge on any atom is -0.378 e. The molecule has 4 nitrogen and oxygen atoms in total. The fraction of sp³-hybridized carbons (Fsp3) is 0.909. The van der Waals surface area contributed by atoms with E-state index >= 15 is 0 Å². The maximum atomic E-state index is 11.3. The van der Waals surface area contributed by atoms with Gasteiger partial charge in [0.25, 0.3) is 0 Å². The van der Waals surface area contributed by atoms with Crippen molar-refractivity contribution in [3.63, 3.8) is 0 Å². The Kier molecular flexibility index (Phi) is 5.05. The van der Waals surface area contributed by atoms with E-state index in [-0.39, 0.29) is 11.9 Å². The second kappa shape index (κ2) is 6.08. The quantitative estimate of drug-likeness (QED) is 0.723. The molecule has 2 N–H and O–H groups in total. The Morgan fingerprint density at radius 1 is 1.60 bits per heavy atom. The Morgan fingerprint density at radius 3 is 2.93 bits per heavy atom. The largest absolute Gasteiger partial charge is 0.378 e. The lowest BCUT2D eigenvalue weighted by Crippen LogP contribution is -2.48. The van der Waals surface area contributed by atoms with Gasteiger partial charge in [-0.15, -0.1) is 0 Å². The third-order valence-electron chi connectivity index (χ3n) is 2.95. The summed E-state index contributed by atoms with van der Waals surface area (Å²) in [7, 11) is 1.67. The Morgan fingerprint density at radius 2 is 2.33 bits per heavy atom. The maximum absolute atomic E-state index is 11.3. The number of likely N-dealkylation sites (N-methyl/N-ethyl adjacent to an activating group) is 1. The molecule has 1 amide bonds. The van der Waals surface area contributed by atoms with Crippen molar-refractivity contribution >= 4 is 5.91 Å². The standard InChI is InChI=1S/C11H22N2O2/c1-4-10-7-9(5-6-15-10)13-8(2)11(14)12-3/h8-10,13H,4-7H2,1-3H3,(H,12,14). The summed E-state index contributed by atoms with van der Waals surface area (Å²) < 4.78 is 5.59. The van der Waals surface area contributed by atoms with Crippen molar-refractivity contribution in [2.75, 3.05) is 13.7 Å². The van der Waals surface area contributed by atoms with E-state index in [1.807, 2.05) is 6.92 Å². The summed E-state index contributed by atoms with van der Waals surface area (Å²) in [5.74, 6) is 0.0505. The van der Waals surface area contributed by atoms with E-state index in [1.54, 1.807) is 7.05 Å². The third-order valence-corrected chi connectivity index (χ3v) is 2.95. The van der Waals surface area contributed by atoms with Gasteiger partial charge < -0.3 is 15.4 Å². The summed E-state index contributed by atoms with van der Waals surface area (Å²) in [6.07, 6.45) is 3.41. The molecular weight excluding hydrogens is 192 g/mol. The number of carbonyl (C=O) groups is 1. The Labute approximate surface area is 91.8 Å². The van der Waals surface area contributed by atoms with Gasteiger partial charge in [-0.2, -0.15) is 0 Å². The van der Waals surface area contributed by atoms with Gasteiger partial charge in [-0.3, -0.25) is 4.79 Å². The van der Waals surface area contributed by atoms with Crippen LogP contribution in [0.2, 0.25) is 0 Å². The molecule has 1 rings (SSSR count). The highest BCUT2D eigenvalue weighted by atomic mass is 16.5. The van der Waals surface area contributed by atoms with Gasteiger partial charge in [0.15, 0.2) is 0 Å². The van der Waals surface area contributed by atoms with Crippen LogP contribution in [0.5, 0.6) is 0 Å². The van der Waals surface area contributed by atoms with Gasteiger partial charge in [-0.1, -0.05) is 6.92 Å². The van der Waals surface area contributed by atoms with Crippen LogP contribution in [0.25, 0.3) is 0 Å².